The zero-order valence-corrected chi connectivity index (χ0v) is 16.7. The molecule has 30 heavy (non-hydrogen) atoms. The Labute approximate surface area is 172 Å². The second-order valence-electron chi connectivity index (χ2n) is 6.03. The Hall–Kier alpha value is -3.62. The van der Waals surface area contributed by atoms with Crippen molar-refractivity contribution in [3.63, 3.8) is 0 Å². The highest BCUT2D eigenvalue weighted by Crippen LogP contribution is 2.28. The molecule has 0 spiro atoms. The molecule has 2 aromatic rings. The van der Waals surface area contributed by atoms with Crippen LogP contribution in [0.4, 0.5) is 20.2 Å². The molecule has 158 valence electrons. The second kappa shape index (κ2) is 10.2. The molecule has 0 aliphatic rings. The Morgan fingerprint density at radius 2 is 1.90 bits per heavy atom. The molecular weight excluding hydrogens is 396 g/mol. The number of hydrogen-bond acceptors (Lipinski definition) is 6. The van der Waals surface area contributed by atoms with Crippen molar-refractivity contribution in [2.24, 2.45) is 0 Å². The molecule has 0 atom stereocenters. The number of hydrogen-bond donors (Lipinski definition) is 2. The monoisotopic (exact) mass is 417 g/mol. The van der Waals surface area contributed by atoms with Gasteiger partial charge in [0.2, 0.25) is 0 Å². The number of carbonyl (C=O) groups is 3. The van der Waals surface area contributed by atoms with Gasteiger partial charge in [-0.05, 0) is 37.6 Å². The number of amides is 1. The molecule has 0 saturated carbocycles. The van der Waals surface area contributed by atoms with Gasteiger partial charge in [0.15, 0.2) is 5.69 Å². The van der Waals surface area contributed by atoms with E-state index in [0.29, 0.717) is 29.7 Å². The Morgan fingerprint density at radius 3 is 2.40 bits per heavy atom. The first-order valence-electron chi connectivity index (χ1n) is 9.04. The lowest BCUT2D eigenvalue weighted by Gasteiger charge is -2.16. The number of ether oxygens (including phenoxy) is 1. The van der Waals surface area contributed by atoms with Gasteiger partial charge in [-0.2, -0.15) is 0 Å². The van der Waals surface area contributed by atoms with Crippen molar-refractivity contribution in [1.29, 1.82) is 0 Å². The summed E-state index contributed by atoms with van der Waals surface area (Å²) in [5.74, 6) is -1.66. The molecule has 0 aliphatic heterocycles. The molecule has 7 nitrogen and oxygen atoms in total. The van der Waals surface area contributed by atoms with Crippen LogP contribution < -0.4 is 10.6 Å². The van der Waals surface area contributed by atoms with Crippen molar-refractivity contribution < 1.29 is 27.9 Å². The van der Waals surface area contributed by atoms with E-state index in [1.54, 1.807) is 44.2 Å². The molecule has 0 fully saturated rings. The summed E-state index contributed by atoms with van der Waals surface area (Å²) >= 11 is 0. The number of alkyl halides is 2. The van der Waals surface area contributed by atoms with Crippen molar-refractivity contribution in [2.45, 2.75) is 20.3 Å². The third kappa shape index (κ3) is 5.05. The number of nitrogens with zero attached hydrogens (tertiary/aromatic N) is 1. The van der Waals surface area contributed by atoms with E-state index in [4.69, 9.17) is 0 Å². The molecule has 2 N–H and O–H groups in total. The second-order valence-corrected chi connectivity index (χ2v) is 6.03. The number of esters is 1. The van der Waals surface area contributed by atoms with Crippen LogP contribution in [0.3, 0.4) is 0 Å². The first-order valence-corrected chi connectivity index (χ1v) is 9.04. The highest BCUT2D eigenvalue weighted by atomic mass is 19.3. The standard InChI is InChI=1S/C21H21F2N3O4/c1-4-12(11-27)13-6-8-14(9-7-13)25-20(28)15-10-16(19(22)23)26-18(21(29)30-3)17(15)24-5-2/h4,6-11,19,24H,5H2,1-3H3,(H,25,28)/b12-4-. The van der Waals surface area contributed by atoms with E-state index in [9.17, 15) is 23.2 Å². The number of pyridine rings is 1. The van der Waals surface area contributed by atoms with E-state index < -0.39 is 29.7 Å². The third-order valence-corrected chi connectivity index (χ3v) is 4.15. The summed E-state index contributed by atoms with van der Waals surface area (Å²) < 4.78 is 31.2. The number of aldehydes is 1. The van der Waals surface area contributed by atoms with Gasteiger partial charge in [0.25, 0.3) is 12.3 Å². The summed E-state index contributed by atoms with van der Waals surface area (Å²) in [6.07, 6.45) is -0.619. The number of halogens is 2. The Morgan fingerprint density at radius 1 is 1.23 bits per heavy atom. The van der Waals surface area contributed by atoms with Crippen LogP contribution in [-0.2, 0) is 9.53 Å². The number of allylic oxidation sites excluding steroid dienone is 2. The third-order valence-electron chi connectivity index (χ3n) is 4.15. The van der Waals surface area contributed by atoms with Crippen LogP contribution in [-0.4, -0.2) is 36.8 Å². The Kier molecular flexibility index (Phi) is 7.74. The minimum atomic E-state index is -2.99. The number of methoxy groups -OCH3 is 1. The van der Waals surface area contributed by atoms with Crippen molar-refractivity contribution in [2.75, 3.05) is 24.3 Å². The molecule has 1 aromatic carbocycles. The fraction of sp³-hybridized carbons (Fsp3) is 0.238. The lowest BCUT2D eigenvalue weighted by atomic mass is 10.1. The fourth-order valence-corrected chi connectivity index (χ4v) is 2.70. The average molecular weight is 417 g/mol. The van der Waals surface area contributed by atoms with Gasteiger partial charge in [-0.15, -0.1) is 0 Å². The maximum Gasteiger partial charge on any atom is 0.358 e. The van der Waals surface area contributed by atoms with E-state index in [2.05, 4.69) is 20.4 Å². The molecule has 0 aliphatic carbocycles. The van der Waals surface area contributed by atoms with Gasteiger partial charge in [-0.1, -0.05) is 18.2 Å². The summed E-state index contributed by atoms with van der Waals surface area (Å²) in [5, 5.41) is 5.41. The van der Waals surface area contributed by atoms with Crippen molar-refractivity contribution in [3.8, 4) is 0 Å². The lowest BCUT2D eigenvalue weighted by Crippen LogP contribution is -2.20. The van der Waals surface area contributed by atoms with Gasteiger partial charge >= 0.3 is 5.97 Å². The molecule has 1 heterocycles. The van der Waals surface area contributed by atoms with Gasteiger partial charge < -0.3 is 15.4 Å². The van der Waals surface area contributed by atoms with E-state index >= 15 is 0 Å². The average Bonchev–Trinajstić information content (AvgIpc) is 2.75. The van der Waals surface area contributed by atoms with Crippen LogP contribution in [0.2, 0.25) is 0 Å². The minimum absolute atomic E-state index is 0.0000256. The summed E-state index contributed by atoms with van der Waals surface area (Å²) in [5.41, 5.74) is 0.232. The van der Waals surface area contributed by atoms with Crippen LogP contribution in [0.1, 0.15) is 52.4 Å². The van der Waals surface area contributed by atoms with Gasteiger partial charge in [0.05, 0.1) is 18.4 Å². The first kappa shape index (κ1) is 22.7. The summed E-state index contributed by atoms with van der Waals surface area (Å²) in [6, 6.07) is 7.36. The number of carbonyl (C=O) groups excluding carboxylic acids is 3. The van der Waals surface area contributed by atoms with E-state index in [1.165, 1.54) is 0 Å². The zero-order valence-electron chi connectivity index (χ0n) is 16.7. The van der Waals surface area contributed by atoms with Crippen molar-refractivity contribution >= 4 is 35.1 Å². The summed E-state index contributed by atoms with van der Waals surface area (Å²) in [4.78, 5) is 39.6. The maximum absolute atomic E-state index is 13.3. The number of rotatable bonds is 8. The molecule has 9 heteroatoms. The molecule has 0 unspecified atom stereocenters. The van der Waals surface area contributed by atoms with Crippen LogP contribution in [0, 0.1) is 0 Å². The van der Waals surface area contributed by atoms with Crippen LogP contribution in [0.15, 0.2) is 36.4 Å². The Bertz CT molecular complexity index is 973. The lowest BCUT2D eigenvalue weighted by molar-refractivity contribution is -0.103. The minimum Gasteiger partial charge on any atom is -0.464 e. The summed E-state index contributed by atoms with van der Waals surface area (Å²) in [7, 11) is 1.09. The van der Waals surface area contributed by atoms with E-state index in [0.717, 1.165) is 13.2 Å². The zero-order chi connectivity index (χ0) is 22.3. The number of benzene rings is 1. The largest absolute Gasteiger partial charge is 0.464 e. The number of nitrogens with one attached hydrogen (secondary N) is 2. The Balaban J connectivity index is 2.45. The van der Waals surface area contributed by atoms with E-state index in [-0.39, 0.29) is 11.3 Å². The van der Waals surface area contributed by atoms with Gasteiger partial charge in [-0.3, -0.25) is 9.59 Å². The normalized spacial score (nSPS) is 11.2. The van der Waals surface area contributed by atoms with E-state index in [1.807, 2.05) is 0 Å². The number of anilines is 2. The molecule has 0 radical (unpaired) electrons. The van der Waals surface area contributed by atoms with Gasteiger partial charge in [0.1, 0.15) is 12.0 Å². The molecule has 1 aromatic heterocycles. The smallest absolute Gasteiger partial charge is 0.358 e. The molecule has 2 rings (SSSR count). The first-order chi connectivity index (χ1) is 14.4. The van der Waals surface area contributed by atoms with Gasteiger partial charge in [0, 0.05) is 17.8 Å². The quantitative estimate of drug-likeness (QED) is 0.381. The van der Waals surface area contributed by atoms with Crippen molar-refractivity contribution in [1.82, 2.24) is 4.98 Å². The predicted octanol–water partition coefficient (Wildman–Crippen LogP) is 4.09. The molecule has 1 amide bonds. The molecule has 0 bridgehead atoms. The SMILES string of the molecule is C/C=C(/C=O)c1ccc(NC(=O)c2cc(C(F)F)nc(C(=O)OC)c2NCC)cc1. The highest BCUT2D eigenvalue weighted by molar-refractivity contribution is 6.11. The maximum atomic E-state index is 13.3. The van der Waals surface area contributed by atoms with Crippen LogP contribution >= 0.6 is 0 Å². The van der Waals surface area contributed by atoms with Crippen LogP contribution in [0.25, 0.3) is 5.57 Å². The predicted molar refractivity (Wildman–Crippen MR) is 109 cm³/mol. The fourth-order valence-electron chi connectivity index (χ4n) is 2.70. The molecule has 0 saturated heterocycles. The topological polar surface area (TPSA) is 97.4 Å². The summed E-state index contributed by atoms with van der Waals surface area (Å²) in [6.45, 7) is 3.76. The van der Waals surface area contributed by atoms with Crippen LogP contribution in [0.5, 0.6) is 0 Å². The molecular formula is C21H21F2N3O4. The van der Waals surface area contributed by atoms with Crippen molar-refractivity contribution in [3.05, 3.63) is 58.9 Å². The highest BCUT2D eigenvalue weighted by Gasteiger charge is 2.25. The number of aromatic nitrogens is 1. The van der Waals surface area contributed by atoms with Gasteiger partial charge in [-0.25, -0.2) is 18.6 Å².